The zero-order valence-electron chi connectivity index (χ0n) is 15.9. The Morgan fingerprint density at radius 2 is 1.81 bits per heavy atom. The Hall–Kier alpha value is -1.71. The van der Waals surface area contributed by atoms with Crippen LogP contribution >= 0.6 is 0 Å². The molecule has 0 amide bonds. The fourth-order valence-corrected chi connectivity index (χ4v) is 3.09. The minimum atomic E-state index is -4.54. The van der Waals surface area contributed by atoms with Crippen molar-refractivity contribution in [3.05, 3.63) is 47.3 Å². The summed E-state index contributed by atoms with van der Waals surface area (Å²) in [5, 5.41) is 4.12. The highest BCUT2D eigenvalue weighted by Crippen LogP contribution is 2.32. The first-order valence-corrected chi connectivity index (χ1v) is 9.52. The van der Waals surface area contributed by atoms with E-state index >= 15 is 0 Å². The first-order valence-electron chi connectivity index (χ1n) is 8.37. The molecule has 0 spiro atoms. The molecule has 1 heterocycles. The number of rotatable bonds is 6. The average Bonchev–Trinajstić information content (AvgIpc) is 2.99. The molecule has 0 aliphatic rings. The van der Waals surface area contributed by atoms with Gasteiger partial charge in [-0.15, -0.1) is 4.72 Å². The van der Waals surface area contributed by atoms with E-state index in [0.717, 1.165) is 10.7 Å². The number of hydrogen-bond donors (Lipinski definition) is 1. The molecule has 0 radical (unpaired) electrons. The normalized spacial score (nSPS) is 14.9. The molecule has 2 aromatic rings. The van der Waals surface area contributed by atoms with Crippen molar-refractivity contribution < 1.29 is 22.5 Å². The third-order valence-corrected chi connectivity index (χ3v) is 5.54. The average molecular weight is 403 g/mol. The van der Waals surface area contributed by atoms with Gasteiger partial charge >= 0.3 is 6.18 Å². The molecular weight excluding hydrogens is 379 g/mol. The number of halogens is 3. The smallest absolute Gasteiger partial charge is 0.433 e. The van der Waals surface area contributed by atoms with Gasteiger partial charge in [0.25, 0.3) is 0 Å². The first kappa shape index (κ1) is 21.6. The molecule has 27 heavy (non-hydrogen) atoms. The molecule has 9 heteroatoms. The van der Waals surface area contributed by atoms with E-state index in [0.29, 0.717) is 11.3 Å². The summed E-state index contributed by atoms with van der Waals surface area (Å²) in [6.07, 6.45) is -4.54. The van der Waals surface area contributed by atoms with Crippen molar-refractivity contribution in [1.82, 2.24) is 14.5 Å². The topological polar surface area (TPSA) is 62.1 Å². The van der Waals surface area contributed by atoms with Gasteiger partial charge in [0.05, 0.1) is 25.4 Å². The third-order valence-electron chi connectivity index (χ3n) is 3.86. The van der Waals surface area contributed by atoms with Crippen LogP contribution in [0.5, 0.6) is 5.75 Å². The first-order chi connectivity index (χ1) is 12.4. The van der Waals surface area contributed by atoms with Crippen LogP contribution in [0.25, 0.3) is 0 Å². The summed E-state index contributed by atoms with van der Waals surface area (Å²) in [5.74, 6) is 0.624. The molecule has 0 saturated heterocycles. The van der Waals surface area contributed by atoms with Gasteiger partial charge in [0.2, 0.25) is 0 Å². The van der Waals surface area contributed by atoms with Crippen LogP contribution in [0.4, 0.5) is 13.2 Å². The summed E-state index contributed by atoms with van der Waals surface area (Å²) in [5.41, 5.74) is 0.00627. The third kappa shape index (κ3) is 5.63. The Morgan fingerprint density at radius 3 is 2.30 bits per heavy atom. The number of ether oxygens (including phenoxy) is 1. The second-order valence-electron chi connectivity index (χ2n) is 7.18. The van der Waals surface area contributed by atoms with E-state index in [1.165, 1.54) is 7.11 Å². The zero-order valence-corrected chi connectivity index (χ0v) is 16.7. The van der Waals surface area contributed by atoms with Gasteiger partial charge < -0.3 is 9.29 Å². The van der Waals surface area contributed by atoms with Crippen LogP contribution in [-0.4, -0.2) is 26.2 Å². The van der Waals surface area contributed by atoms with Crippen molar-refractivity contribution in [2.24, 2.45) is 0 Å². The number of nitrogens with one attached hydrogen (secondary N) is 1. The van der Waals surface area contributed by atoms with Crippen molar-refractivity contribution >= 4 is 11.4 Å². The molecule has 0 fully saturated rings. The maximum absolute atomic E-state index is 13.4. The highest BCUT2D eigenvalue weighted by molar-refractivity contribution is 7.90. The van der Waals surface area contributed by atoms with Gasteiger partial charge in [0.15, 0.2) is 0 Å². The fraction of sp³-hybridized carbons (Fsp3) is 0.500. The van der Waals surface area contributed by atoms with Crippen LogP contribution in [0.1, 0.15) is 50.7 Å². The Morgan fingerprint density at radius 1 is 1.22 bits per heavy atom. The van der Waals surface area contributed by atoms with Gasteiger partial charge in [-0.3, -0.25) is 4.68 Å². The predicted octanol–water partition coefficient (Wildman–Crippen LogP) is 4.07. The molecule has 1 N–H and O–H groups in total. The Bertz CT molecular complexity index is 755. The van der Waals surface area contributed by atoms with E-state index in [9.17, 15) is 17.7 Å². The lowest BCUT2D eigenvalue weighted by molar-refractivity contribution is -0.144. The van der Waals surface area contributed by atoms with Crippen LogP contribution in [0.2, 0.25) is 0 Å². The van der Waals surface area contributed by atoms with E-state index in [4.69, 9.17) is 4.74 Å². The molecule has 150 valence electrons. The maximum Gasteiger partial charge on any atom is 0.433 e. The lowest BCUT2D eigenvalue weighted by atomic mass is 10.2. The van der Waals surface area contributed by atoms with Gasteiger partial charge in [-0.2, -0.15) is 18.3 Å². The predicted molar refractivity (Wildman–Crippen MR) is 98.8 cm³/mol. The number of alkyl halides is 3. The molecule has 0 bridgehead atoms. The Labute approximate surface area is 160 Å². The molecule has 2 atom stereocenters. The van der Waals surface area contributed by atoms with Gasteiger partial charge in [-0.25, -0.2) is 0 Å². The standard InChI is InChI=1S/C18H24F3N3O2S/c1-12(23-27(25)17(2,3)4)15-10-16(18(19,20)21)24(22-15)11-13-6-8-14(26-5)9-7-13/h6-10,12,23H,11H2,1-5H3/t12-,27?/m1/s1. The molecule has 0 saturated carbocycles. The van der Waals surface area contributed by atoms with E-state index in [1.54, 1.807) is 52.0 Å². The van der Waals surface area contributed by atoms with E-state index in [2.05, 4.69) is 9.82 Å². The maximum atomic E-state index is 13.4. The van der Waals surface area contributed by atoms with Gasteiger partial charge in [-0.1, -0.05) is 12.1 Å². The van der Waals surface area contributed by atoms with E-state index in [1.807, 2.05) is 0 Å². The summed E-state index contributed by atoms with van der Waals surface area (Å²) in [7, 11) is 1.52. The lowest BCUT2D eigenvalue weighted by Crippen LogP contribution is -2.40. The fourth-order valence-electron chi connectivity index (χ4n) is 2.30. The molecule has 1 aromatic carbocycles. The monoisotopic (exact) mass is 403 g/mol. The van der Waals surface area contributed by atoms with Gasteiger partial charge in [0.1, 0.15) is 16.2 Å². The number of benzene rings is 1. The SMILES string of the molecule is COc1ccc(Cn2nc([C@@H](C)N[S+]([O-])C(C)(C)C)cc2C(F)(F)F)cc1. The molecule has 5 nitrogen and oxygen atoms in total. The minimum absolute atomic E-state index is 0.0338. The van der Waals surface area contributed by atoms with Crippen LogP contribution in [-0.2, 0) is 24.1 Å². The van der Waals surface area contributed by atoms with Crippen LogP contribution < -0.4 is 9.46 Å². The Kier molecular flexibility index (Phi) is 6.49. The Balaban J connectivity index is 2.28. The summed E-state index contributed by atoms with van der Waals surface area (Å²) < 4.78 is 60.8. The molecule has 0 aliphatic heterocycles. The van der Waals surface area contributed by atoms with Crippen molar-refractivity contribution in [3.63, 3.8) is 0 Å². The molecule has 0 aliphatic carbocycles. The van der Waals surface area contributed by atoms with E-state index in [-0.39, 0.29) is 12.2 Å². The second-order valence-corrected chi connectivity index (χ2v) is 9.18. The van der Waals surface area contributed by atoms with Crippen LogP contribution in [0.3, 0.4) is 0 Å². The van der Waals surface area contributed by atoms with Crippen molar-refractivity contribution in [3.8, 4) is 5.75 Å². The molecule has 2 rings (SSSR count). The summed E-state index contributed by atoms with van der Waals surface area (Å²) >= 11 is -1.42. The second kappa shape index (κ2) is 8.12. The van der Waals surface area contributed by atoms with Crippen LogP contribution in [0.15, 0.2) is 30.3 Å². The summed E-state index contributed by atoms with van der Waals surface area (Å²) in [4.78, 5) is 0. The van der Waals surface area contributed by atoms with Crippen molar-refractivity contribution in [2.75, 3.05) is 7.11 Å². The van der Waals surface area contributed by atoms with Gasteiger partial charge in [-0.05, 0) is 51.5 Å². The largest absolute Gasteiger partial charge is 0.598 e. The summed E-state index contributed by atoms with van der Waals surface area (Å²) in [6.45, 7) is 6.96. The van der Waals surface area contributed by atoms with Crippen molar-refractivity contribution in [2.45, 2.75) is 51.2 Å². The van der Waals surface area contributed by atoms with Gasteiger partial charge in [0, 0.05) is 11.4 Å². The highest BCUT2D eigenvalue weighted by Gasteiger charge is 2.37. The molecule has 1 aromatic heterocycles. The lowest BCUT2D eigenvalue weighted by Gasteiger charge is -2.25. The minimum Gasteiger partial charge on any atom is -0.598 e. The molecular formula is C18H24F3N3O2S. The highest BCUT2D eigenvalue weighted by atomic mass is 32.2. The van der Waals surface area contributed by atoms with E-state index < -0.39 is 34.0 Å². The zero-order chi connectivity index (χ0) is 20.4. The number of methoxy groups -OCH3 is 1. The quantitative estimate of drug-likeness (QED) is 0.739. The van der Waals surface area contributed by atoms with Crippen molar-refractivity contribution in [1.29, 1.82) is 0 Å². The number of nitrogens with zero attached hydrogens (tertiary/aromatic N) is 2. The van der Waals surface area contributed by atoms with Crippen LogP contribution in [0, 0.1) is 0 Å². The summed E-state index contributed by atoms with van der Waals surface area (Å²) in [6, 6.07) is 7.16. The number of hydrogen-bond acceptors (Lipinski definition) is 4. The number of aromatic nitrogens is 2. The molecule has 1 unspecified atom stereocenters.